The van der Waals surface area contributed by atoms with Crippen LogP contribution in [0, 0.1) is 0 Å². The number of hydrogen-bond acceptors (Lipinski definition) is 4. The van der Waals surface area contributed by atoms with Crippen LogP contribution in [-0.2, 0) is 17.9 Å². The molecule has 1 heterocycles. The summed E-state index contributed by atoms with van der Waals surface area (Å²) in [5.74, 6) is 0.0768. The molecule has 1 N–H and O–H groups in total. The van der Waals surface area contributed by atoms with Crippen molar-refractivity contribution in [2.45, 2.75) is 66.2 Å². The maximum atomic E-state index is 12.3. The molecular formula is C14H27N5O. The van der Waals surface area contributed by atoms with Gasteiger partial charge in [0.25, 0.3) is 0 Å². The number of nitrogens with one attached hydrogen (secondary N) is 1. The Morgan fingerprint density at radius 3 is 2.55 bits per heavy atom. The molecule has 0 aliphatic rings. The Bertz CT molecular complexity index is 405. The number of amides is 1. The number of hydrogen-bond donors (Lipinski definition) is 1. The molecule has 20 heavy (non-hydrogen) atoms. The Morgan fingerprint density at radius 2 is 2.00 bits per heavy atom. The van der Waals surface area contributed by atoms with Crippen molar-refractivity contribution >= 4 is 5.91 Å². The van der Waals surface area contributed by atoms with E-state index < -0.39 is 0 Å². The minimum absolute atomic E-state index is 0.0768. The molecule has 1 aromatic heterocycles. The lowest BCUT2D eigenvalue weighted by molar-refractivity contribution is -0.135. The lowest BCUT2D eigenvalue weighted by atomic mass is 10.2. The minimum atomic E-state index is 0.0768. The number of nitrogens with zero attached hydrogens (tertiary/aromatic N) is 4. The zero-order valence-corrected chi connectivity index (χ0v) is 13.3. The molecule has 0 radical (unpaired) electrons. The second-order valence-corrected chi connectivity index (χ2v) is 5.57. The van der Waals surface area contributed by atoms with Gasteiger partial charge in [-0.05, 0) is 40.7 Å². The molecule has 1 rings (SSSR count). The zero-order chi connectivity index (χ0) is 15.1. The van der Waals surface area contributed by atoms with Gasteiger partial charge in [0.05, 0.1) is 11.9 Å². The minimum Gasteiger partial charge on any atom is -0.336 e. The Morgan fingerprint density at radius 1 is 1.35 bits per heavy atom. The van der Waals surface area contributed by atoms with E-state index in [1.54, 1.807) is 4.68 Å². The molecule has 6 heteroatoms. The van der Waals surface area contributed by atoms with Gasteiger partial charge in [-0.25, -0.2) is 4.68 Å². The molecule has 0 bridgehead atoms. The van der Waals surface area contributed by atoms with Crippen molar-refractivity contribution in [2.24, 2.45) is 0 Å². The van der Waals surface area contributed by atoms with Crippen molar-refractivity contribution in [1.82, 2.24) is 25.2 Å². The molecule has 0 aliphatic heterocycles. The van der Waals surface area contributed by atoms with Crippen LogP contribution < -0.4 is 5.32 Å². The summed E-state index contributed by atoms with van der Waals surface area (Å²) in [5.41, 5.74) is 0.867. The summed E-state index contributed by atoms with van der Waals surface area (Å²) in [6, 6.07) is 0.383. The van der Waals surface area contributed by atoms with E-state index >= 15 is 0 Å². The van der Waals surface area contributed by atoms with Gasteiger partial charge >= 0.3 is 0 Å². The highest BCUT2D eigenvalue weighted by atomic mass is 16.2. The maximum Gasteiger partial charge on any atom is 0.244 e. The highest BCUT2D eigenvalue weighted by Gasteiger charge is 2.20. The monoisotopic (exact) mass is 281 g/mol. The van der Waals surface area contributed by atoms with Gasteiger partial charge in [-0.2, -0.15) is 0 Å². The van der Waals surface area contributed by atoms with Crippen molar-refractivity contribution in [1.29, 1.82) is 0 Å². The second kappa shape index (κ2) is 7.99. The fraction of sp³-hybridized carbons (Fsp3) is 0.786. The van der Waals surface area contributed by atoms with Gasteiger partial charge < -0.3 is 10.2 Å². The molecule has 0 fully saturated rings. The van der Waals surface area contributed by atoms with Crippen LogP contribution in [0.1, 0.15) is 46.7 Å². The van der Waals surface area contributed by atoms with Gasteiger partial charge in [-0.1, -0.05) is 12.1 Å². The topological polar surface area (TPSA) is 63.1 Å². The van der Waals surface area contributed by atoms with E-state index in [9.17, 15) is 4.79 Å². The van der Waals surface area contributed by atoms with Gasteiger partial charge in [0.1, 0.15) is 6.54 Å². The van der Waals surface area contributed by atoms with Gasteiger partial charge in [-0.15, -0.1) is 5.10 Å². The maximum absolute atomic E-state index is 12.3. The van der Waals surface area contributed by atoms with Crippen molar-refractivity contribution < 1.29 is 4.79 Å². The first-order valence-electron chi connectivity index (χ1n) is 7.36. The molecule has 1 aromatic rings. The van der Waals surface area contributed by atoms with Crippen molar-refractivity contribution in [3.05, 3.63) is 11.9 Å². The third kappa shape index (κ3) is 4.92. The highest BCUT2D eigenvalue weighted by Crippen LogP contribution is 2.06. The van der Waals surface area contributed by atoms with E-state index in [0.29, 0.717) is 6.54 Å². The first-order valence-corrected chi connectivity index (χ1v) is 7.36. The quantitative estimate of drug-likeness (QED) is 0.732. The summed E-state index contributed by atoms with van der Waals surface area (Å²) in [4.78, 5) is 14.2. The number of aromatic nitrogens is 3. The SMILES string of the molecule is CCCNCc1cn(CC(=O)N(C(C)C)C(C)C)nn1. The van der Waals surface area contributed by atoms with Crippen LogP contribution in [0.5, 0.6) is 0 Å². The first kappa shape index (κ1) is 16.6. The van der Waals surface area contributed by atoms with Gasteiger partial charge in [0.2, 0.25) is 5.91 Å². The van der Waals surface area contributed by atoms with E-state index in [2.05, 4.69) is 22.6 Å². The fourth-order valence-corrected chi connectivity index (χ4v) is 2.28. The standard InChI is InChI=1S/C14H27N5O/c1-6-7-15-8-13-9-18(17-16-13)10-14(20)19(11(2)3)12(4)5/h9,11-12,15H,6-8,10H2,1-5H3. The van der Waals surface area contributed by atoms with Gasteiger partial charge in [0, 0.05) is 18.6 Å². The Balaban J connectivity index is 2.57. The smallest absolute Gasteiger partial charge is 0.244 e. The molecule has 1 amide bonds. The summed E-state index contributed by atoms with van der Waals surface area (Å²) < 4.78 is 1.61. The summed E-state index contributed by atoms with van der Waals surface area (Å²) >= 11 is 0. The van der Waals surface area contributed by atoms with E-state index in [0.717, 1.165) is 18.7 Å². The van der Waals surface area contributed by atoms with Gasteiger partial charge in [0.15, 0.2) is 0 Å². The van der Waals surface area contributed by atoms with Crippen LogP contribution in [0.3, 0.4) is 0 Å². The van der Waals surface area contributed by atoms with E-state index in [-0.39, 0.29) is 24.5 Å². The normalized spacial score (nSPS) is 11.3. The number of rotatable bonds is 8. The lowest BCUT2D eigenvalue weighted by Crippen LogP contribution is -2.43. The Hall–Kier alpha value is -1.43. The van der Waals surface area contributed by atoms with E-state index in [4.69, 9.17) is 0 Å². The average Bonchev–Trinajstić information content (AvgIpc) is 2.76. The molecule has 0 atom stereocenters. The summed E-state index contributed by atoms with van der Waals surface area (Å²) in [5, 5.41) is 11.4. The van der Waals surface area contributed by atoms with Crippen LogP contribution in [0.15, 0.2) is 6.20 Å². The van der Waals surface area contributed by atoms with E-state index in [1.165, 1.54) is 0 Å². The number of carbonyl (C=O) groups excluding carboxylic acids is 1. The molecule has 0 aliphatic carbocycles. The lowest BCUT2D eigenvalue weighted by Gasteiger charge is -2.30. The highest BCUT2D eigenvalue weighted by molar-refractivity contribution is 5.76. The second-order valence-electron chi connectivity index (χ2n) is 5.57. The molecule has 0 unspecified atom stereocenters. The largest absolute Gasteiger partial charge is 0.336 e. The molecule has 6 nitrogen and oxygen atoms in total. The van der Waals surface area contributed by atoms with Crippen LogP contribution in [0.2, 0.25) is 0 Å². The summed E-state index contributed by atoms with van der Waals surface area (Å²) in [6.07, 6.45) is 2.92. The first-order chi connectivity index (χ1) is 9.45. The Labute approximate surface area is 121 Å². The molecule has 0 saturated carbocycles. The third-order valence-electron chi connectivity index (χ3n) is 3.02. The molecule has 0 saturated heterocycles. The van der Waals surface area contributed by atoms with Crippen LogP contribution in [-0.4, -0.2) is 44.4 Å². The zero-order valence-electron chi connectivity index (χ0n) is 13.3. The van der Waals surface area contributed by atoms with Crippen LogP contribution >= 0.6 is 0 Å². The molecule has 0 spiro atoms. The predicted molar refractivity (Wildman–Crippen MR) is 79.1 cm³/mol. The van der Waals surface area contributed by atoms with Crippen molar-refractivity contribution in [2.75, 3.05) is 6.54 Å². The van der Waals surface area contributed by atoms with Crippen molar-refractivity contribution in [3.63, 3.8) is 0 Å². The average molecular weight is 281 g/mol. The molecular weight excluding hydrogens is 254 g/mol. The molecule has 114 valence electrons. The summed E-state index contributed by atoms with van der Waals surface area (Å²) in [6.45, 7) is 12.1. The van der Waals surface area contributed by atoms with Gasteiger partial charge in [-0.3, -0.25) is 4.79 Å². The molecule has 0 aromatic carbocycles. The fourth-order valence-electron chi connectivity index (χ4n) is 2.28. The third-order valence-corrected chi connectivity index (χ3v) is 3.02. The Kier molecular flexibility index (Phi) is 6.64. The van der Waals surface area contributed by atoms with Crippen molar-refractivity contribution in [3.8, 4) is 0 Å². The van der Waals surface area contributed by atoms with Crippen LogP contribution in [0.4, 0.5) is 0 Å². The van der Waals surface area contributed by atoms with Crippen LogP contribution in [0.25, 0.3) is 0 Å². The summed E-state index contributed by atoms with van der Waals surface area (Å²) in [7, 11) is 0. The predicted octanol–water partition coefficient (Wildman–Crippen LogP) is 1.42. The van der Waals surface area contributed by atoms with E-state index in [1.807, 2.05) is 38.8 Å². The number of carbonyl (C=O) groups is 1.